The van der Waals surface area contributed by atoms with Crippen LogP contribution in [0.15, 0.2) is 0 Å². The minimum atomic E-state index is -1.14. The Labute approximate surface area is 92.2 Å². The second-order valence-electron chi connectivity index (χ2n) is 3.27. The third-order valence-electron chi connectivity index (χ3n) is 2.15. The predicted molar refractivity (Wildman–Crippen MR) is 41.4 cm³/mol. The van der Waals surface area contributed by atoms with Crippen LogP contribution < -0.4 is 34.7 Å². The summed E-state index contributed by atoms with van der Waals surface area (Å²) in [4.78, 5) is 0. The van der Waals surface area contributed by atoms with Crippen molar-refractivity contribution < 1.29 is 39.4 Å². The van der Waals surface area contributed by atoms with E-state index in [-0.39, 0.29) is 29.6 Å². The summed E-state index contributed by atoms with van der Waals surface area (Å²) in [5.41, 5.74) is -0.932. The van der Waals surface area contributed by atoms with Gasteiger partial charge in [0.1, 0.15) is 0 Å². The van der Waals surface area contributed by atoms with Gasteiger partial charge in [0, 0.05) is 15.4 Å². The molecular weight excluding hydrogens is 167 g/mol. The molecule has 1 atom stereocenters. The summed E-state index contributed by atoms with van der Waals surface area (Å²) < 4.78 is 5.23. The molecule has 4 heteroatoms. The van der Waals surface area contributed by atoms with Crippen molar-refractivity contribution in [2.45, 2.75) is 37.8 Å². The van der Waals surface area contributed by atoms with Gasteiger partial charge in [0.15, 0.2) is 0 Å². The third-order valence-corrected chi connectivity index (χ3v) is 4.36. The van der Waals surface area contributed by atoms with Crippen LogP contribution in [0.1, 0.15) is 19.3 Å². The molecule has 0 amide bonds. The standard InChI is InChI=1S/C7H15O2Si.Na/c1-10(2)7(8)5-3-4-6-9-7;/h10H,3-6H2,1-2H3;/q-1;+1. The van der Waals surface area contributed by atoms with Gasteiger partial charge in [0.2, 0.25) is 0 Å². The Morgan fingerprint density at radius 3 is 2.27 bits per heavy atom. The second kappa shape index (κ2) is 4.99. The second-order valence-corrected chi connectivity index (χ2v) is 6.46. The summed E-state index contributed by atoms with van der Waals surface area (Å²) in [5.74, 6) is 0. The molecule has 0 saturated carbocycles. The largest absolute Gasteiger partial charge is 1.00 e. The first-order valence-corrected chi connectivity index (χ1v) is 6.88. The van der Waals surface area contributed by atoms with Gasteiger partial charge in [-0.2, -0.15) is 0 Å². The molecule has 1 aliphatic heterocycles. The first-order valence-electron chi connectivity index (χ1n) is 3.99. The fraction of sp³-hybridized carbons (Fsp3) is 1.00. The molecule has 1 aliphatic rings. The van der Waals surface area contributed by atoms with Crippen molar-refractivity contribution >= 4 is 8.80 Å². The van der Waals surface area contributed by atoms with Crippen LogP contribution in [0.5, 0.6) is 0 Å². The van der Waals surface area contributed by atoms with Gasteiger partial charge in [0.25, 0.3) is 0 Å². The van der Waals surface area contributed by atoms with E-state index in [9.17, 15) is 5.11 Å². The molecule has 0 aromatic carbocycles. The maximum atomic E-state index is 11.7. The first kappa shape index (κ1) is 12.1. The van der Waals surface area contributed by atoms with Crippen molar-refractivity contribution in [3.63, 3.8) is 0 Å². The summed E-state index contributed by atoms with van der Waals surface area (Å²) in [6.45, 7) is 4.82. The summed E-state index contributed by atoms with van der Waals surface area (Å²) in [6, 6.07) is 0. The Balaban J connectivity index is 0.000001000. The van der Waals surface area contributed by atoms with Crippen molar-refractivity contribution in [1.29, 1.82) is 0 Å². The normalized spacial score (nSPS) is 31.6. The van der Waals surface area contributed by atoms with E-state index in [1.165, 1.54) is 0 Å². The van der Waals surface area contributed by atoms with Crippen molar-refractivity contribution in [1.82, 2.24) is 0 Å². The molecule has 60 valence electrons. The third kappa shape index (κ3) is 3.17. The molecule has 0 aliphatic carbocycles. The van der Waals surface area contributed by atoms with Crippen LogP contribution >= 0.6 is 0 Å². The maximum Gasteiger partial charge on any atom is 1.00 e. The van der Waals surface area contributed by atoms with E-state index in [1.54, 1.807) is 0 Å². The van der Waals surface area contributed by atoms with Crippen molar-refractivity contribution in [3.05, 3.63) is 0 Å². The molecule has 0 N–H and O–H groups in total. The average molecular weight is 182 g/mol. The summed E-state index contributed by atoms with van der Waals surface area (Å²) in [7, 11) is -1.14. The summed E-state index contributed by atoms with van der Waals surface area (Å²) in [6.07, 6.45) is 2.89. The maximum absolute atomic E-state index is 11.7. The van der Waals surface area contributed by atoms with Crippen LogP contribution in [0.25, 0.3) is 0 Å². The average Bonchev–Trinajstić information content (AvgIpc) is 1.89. The molecule has 1 rings (SSSR count). The van der Waals surface area contributed by atoms with Crippen molar-refractivity contribution in [3.8, 4) is 0 Å². The van der Waals surface area contributed by atoms with Gasteiger partial charge in [-0.15, -0.1) is 0 Å². The predicted octanol–water partition coefficient (Wildman–Crippen LogP) is -2.73. The fourth-order valence-corrected chi connectivity index (χ4v) is 2.48. The van der Waals surface area contributed by atoms with E-state index in [0.717, 1.165) is 19.3 Å². The Morgan fingerprint density at radius 2 is 2.00 bits per heavy atom. The van der Waals surface area contributed by atoms with Crippen LogP contribution in [0, 0.1) is 0 Å². The Bertz CT molecular complexity index is 113. The van der Waals surface area contributed by atoms with Crippen LogP contribution in [-0.2, 0) is 4.74 Å². The van der Waals surface area contributed by atoms with Gasteiger partial charge >= 0.3 is 29.6 Å². The minimum absolute atomic E-state index is 0. The number of hydrogen-bond donors (Lipinski definition) is 0. The number of rotatable bonds is 1. The van der Waals surface area contributed by atoms with Crippen molar-refractivity contribution in [2.24, 2.45) is 0 Å². The molecule has 1 fully saturated rings. The summed E-state index contributed by atoms with van der Waals surface area (Å²) in [5, 5.41) is 11.7. The van der Waals surface area contributed by atoms with Gasteiger partial charge in [-0.1, -0.05) is 19.5 Å². The van der Waals surface area contributed by atoms with Crippen LogP contribution in [-0.4, -0.2) is 20.8 Å². The minimum Gasteiger partial charge on any atom is -0.831 e. The van der Waals surface area contributed by atoms with E-state index < -0.39 is 14.2 Å². The molecule has 1 heterocycles. The zero-order valence-corrected chi connectivity index (χ0v) is 10.9. The smallest absolute Gasteiger partial charge is 0.831 e. The molecule has 11 heavy (non-hydrogen) atoms. The Kier molecular flexibility index (Phi) is 5.51. The molecule has 0 aromatic rings. The Hall–Kier alpha value is 1.14. The van der Waals surface area contributed by atoms with Crippen LogP contribution in [0.4, 0.5) is 0 Å². The van der Waals surface area contributed by atoms with E-state index in [2.05, 4.69) is 13.1 Å². The van der Waals surface area contributed by atoms with E-state index >= 15 is 0 Å². The first-order chi connectivity index (χ1) is 4.65. The summed E-state index contributed by atoms with van der Waals surface area (Å²) >= 11 is 0. The zero-order chi connectivity index (χ0) is 7.61. The van der Waals surface area contributed by atoms with E-state index in [1.807, 2.05) is 0 Å². The number of hydrogen-bond acceptors (Lipinski definition) is 2. The van der Waals surface area contributed by atoms with Gasteiger partial charge in [-0.3, -0.25) is 0 Å². The quantitative estimate of drug-likeness (QED) is 0.413. The van der Waals surface area contributed by atoms with Gasteiger partial charge in [-0.25, -0.2) is 0 Å². The van der Waals surface area contributed by atoms with E-state index in [4.69, 9.17) is 4.74 Å². The van der Waals surface area contributed by atoms with Gasteiger partial charge in [-0.05, 0) is 18.3 Å². The Morgan fingerprint density at radius 1 is 1.36 bits per heavy atom. The monoisotopic (exact) mass is 182 g/mol. The van der Waals surface area contributed by atoms with Gasteiger partial charge < -0.3 is 9.84 Å². The fourth-order valence-electron chi connectivity index (χ4n) is 1.25. The molecule has 2 nitrogen and oxygen atoms in total. The zero-order valence-electron chi connectivity index (χ0n) is 7.72. The molecule has 0 radical (unpaired) electrons. The van der Waals surface area contributed by atoms with Crippen molar-refractivity contribution in [2.75, 3.05) is 6.61 Å². The SMILES string of the molecule is C[SiH](C)C1([O-])CCCCO1.[Na+]. The molecule has 1 saturated heterocycles. The molecule has 0 aromatic heterocycles. The molecular formula is C7H15NaO2Si. The molecule has 0 spiro atoms. The van der Waals surface area contributed by atoms with E-state index in [0.29, 0.717) is 6.61 Å². The number of ether oxygens (including phenoxy) is 1. The van der Waals surface area contributed by atoms with Crippen LogP contribution in [0.3, 0.4) is 0 Å². The van der Waals surface area contributed by atoms with Crippen LogP contribution in [0.2, 0.25) is 13.1 Å². The topological polar surface area (TPSA) is 32.3 Å². The molecule has 1 unspecified atom stereocenters. The van der Waals surface area contributed by atoms with Gasteiger partial charge in [0.05, 0.1) is 0 Å². The molecule has 0 bridgehead atoms.